The number of amides is 1. The van der Waals surface area contributed by atoms with Crippen LogP contribution in [0.4, 0.5) is 5.82 Å². The average Bonchev–Trinajstić information content (AvgIpc) is 3.21. The standard InChI is InChI=1S/C20H24N4O5/c1-22-17(9-18(25)23(2)20(22)27)24-7-3-4-14(11-24)19(26)21-10-13-5-6-15-16(8-13)29-12-28-15/h5-6,8-9,14H,3-4,7,10-12H2,1-2H3,(H,21,26)/t14-/m0/s1. The molecule has 4 rings (SSSR count). The molecule has 9 heteroatoms. The van der Waals surface area contributed by atoms with Gasteiger partial charge in [-0.3, -0.25) is 18.7 Å². The van der Waals surface area contributed by atoms with E-state index in [1.807, 2.05) is 23.1 Å². The number of anilines is 1. The van der Waals surface area contributed by atoms with Gasteiger partial charge >= 0.3 is 5.69 Å². The van der Waals surface area contributed by atoms with Crippen LogP contribution in [0, 0.1) is 5.92 Å². The maximum Gasteiger partial charge on any atom is 0.332 e. The smallest absolute Gasteiger partial charge is 0.332 e. The van der Waals surface area contributed by atoms with Crippen molar-refractivity contribution < 1.29 is 14.3 Å². The van der Waals surface area contributed by atoms with Gasteiger partial charge in [0, 0.05) is 39.8 Å². The highest BCUT2D eigenvalue weighted by Crippen LogP contribution is 2.32. The summed E-state index contributed by atoms with van der Waals surface area (Å²) in [7, 11) is 3.09. The van der Waals surface area contributed by atoms with Crippen LogP contribution in [0.5, 0.6) is 11.5 Å². The topological polar surface area (TPSA) is 94.8 Å². The zero-order chi connectivity index (χ0) is 20.5. The van der Waals surface area contributed by atoms with E-state index in [1.54, 1.807) is 7.05 Å². The summed E-state index contributed by atoms with van der Waals surface area (Å²) in [5.41, 5.74) is 0.212. The van der Waals surface area contributed by atoms with Crippen LogP contribution in [-0.2, 0) is 25.4 Å². The fourth-order valence-electron chi connectivity index (χ4n) is 3.81. The SMILES string of the molecule is Cn1c(N2CCC[C@H](C(=O)NCc3ccc4c(c3)OCO4)C2)cc(=O)n(C)c1=O. The molecule has 1 aromatic heterocycles. The zero-order valence-corrected chi connectivity index (χ0v) is 16.5. The molecule has 2 aliphatic rings. The number of nitrogens with zero attached hydrogens (tertiary/aromatic N) is 3. The summed E-state index contributed by atoms with van der Waals surface area (Å²) >= 11 is 0. The predicted molar refractivity (Wildman–Crippen MR) is 106 cm³/mol. The fourth-order valence-corrected chi connectivity index (χ4v) is 3.81. The molecular formula is C20H24N4O5. The first kappa shape index (κ1) is 19.1. The van der Waals surface area contributed by atoms with Crippen molar-refractivity contribution in [2.45, 2.75) is 19.4 Å². The molecule has 1 atom stereocenters. The Balaban J connectivity index is 1.42. The van der Waals surface area contributed by atoms with Crippen molar-refractivity contribution in [1.29, 1.82) is 0 Å². The fraction of sp³-hybridized carbons (Fsp3) is 0.450. The molecule has 1 fully saturated rings. The Bertz CT molecular complexity index is 1060. The summed E-state index contributed by atoms with van der Waals surface area (Å²) in [6.45, 7) is 1.78. The summed E-state index contributed by atoms with van der Waals surface area (Å²) in [5, 5.41) is 2.98. The van der Waals surface area contributed by atoms with Crippen LogP contribution < -0.4 is 30.9 Å². The average molecular weight is 400 g/mol. The Hall–Kier alpha value is -3.23. The second kappa shape index (κ2) is 7.65. The number of aromatic nitrogens is 2. The van der Waals surface area contributed by atoms with Crippen molar-refractivity contribution in [3.63, 3.8) is 0 Å². The molecule has 9 nitrogen and oxygen atoms in total. The third kappa shape index (κ3) is 3.72. The summed E-state index contributed by atoms with van der Waals surface area (Å²) in [6.07, 6.45) is 1.58. The van der Waals surface area contributed by atoms with Crippen molar-refractivity contribution >= 4 is 11.7 Å². The molecule has 29 heavy (non-hydrogen) atoms. The van der Waals surface area contributed by atoms with Crippen LogP contribution in [0.25, 0.3) is 0 Å². The van der Waals surface area contributed by atoms with E-state index >= 15 is 0 Å². The van der Waals surface area contributed by atoms with Crippen LogP contribution >= 0.6 is 0 Å². The molecule has 1 amide bonds. The van der Waals surface area contributed by atoms with Crippen molar-refractivity contribution in [2.75, 3.05) is 24.8 Å². The molecule has 2 aliphatic heterocycles. The zero-order valence-electron chi connectivity index (χ0n) is 16.5. The first-order valence-corrected chi connectivity index (χ1v) is 9.62. The number of fused-ring (bicyclic) bond motifs is 1. The van der Waals surface area contributed by atoms with Gasteiger partial charge in [-0.2, -0.15) is 0 Å². The number of rotatable bonds is 4. The van der Waals surface area contributed by atoms with E-state index in [9.17, 15) is 14.4 Å². The van der Waals surface area contributed by atoms with Gasteiger partial charge in [0.05, 0.1) is 5.92 Å². The summed E-state index contributed by atoms with van der Waals surface area (Å²) in [6, 6.07) is 7.05. The van der Waals surface area contributed by atoms with Gasteiger partial charge in [-0.1, -0.05) is 6.07 Å². The number of carbonyl (C=O) groups excluding carboxylic acids is 1. The van der Waals surface area contributed by atoms with Gasteiger partial charge in [-0.15, -0.1) is 0 Å². The number of hydrogen-bond donors (Lipinski definition) is 1. The van der Waals surface area contributed by atoms with E-state index in [1.165, 1.54) is 17.7 Å². The van der Waals surface area contributed by atoms with E-state index in [4.69, 9.17) is 9.47 Å². The lowest BCUT2D eigenvalue weighted by Crippen LogP contribution is -2.46. The summed E-state index contributed by atoms with van der Waals surface area (Å²) in [4.78, 5) is 38.9. The highest BCUT2D eigenvalue weighted by Gasteiger charge is 2.27. The molecule has 3 heterocycles. The Morgan fingerprint density at radius 3 is 2.76 bits per heavy atom. The van der Waals surface area contributed by atoms with Crippen molar-refractivity contribution in [2.24, 2.45) is 20.0 Å². The second-order valence-corrected chi connectivity index (χ2v) is 7.43. The Kier molecular flexibility index (Phi) is 5.04. The lowest BCUT2D eigenvalue weighted by atomic mass is 9.97. The predicted octanol–water partition coefficient (Wildman–Crippen LogP) is 0.346. The minimum atomic E-state index is -0.373. The van der Waals surface area contributed by atoms with Crippen LogP contribution in [0.2, 0.25) is 0 Å². The second-order valence-electron chi connectivity index (χ2n) is 7.43. The number of benzene rings is 1. The van der Waals surface area contributed by atoms with Gasteiger partial charge in [-0.05, 0) is 30.5 Å². The number of ether oxygens (including phenoxy) is 2. The van der Waals surface area contributed by atoms with Crippen LogP contribution in [0.3, 0.4) is 0 Å². The lowest BCUT2D eigenvalue weighted by Gasteiger charge is -2.34. The number of nitrogens with one attached hydrogen (secondary N) is 1. The largest absolute Gasteiger partial charge is 0.454 e. The van der Waals surface area contributed by atoms with Gasteiger partial charge in [0.25, 0.3) is 5.56 Å². The first-order chi connectivity index (χ1) is 13.9. The van der Waals surface area contributed by atoms with E-state index in [-0.39, 0.29) is 29.9 Å². The first-order valence-electron chi connectivity index (χ1n) is 9.62. The van der Waals surface area contributed by atoms with Crippen LogP contribution in [0.1, 0.15) is 18.4 Å². The van der Waals surface area contributed by atoms with Crippen molar-refractivity contribution in [1.82, 2.24) is 14.5 Å². The molecule has 0 bridgehead atoms. The molecule has 0 spiro atoms. The van der Waals surface area contributed by atoms with Gasteiger partial charge in [0.1, 0.15) is 5.82 Å². The van der Waals surface area contributed by atoms with E-state index < -0.39 is 0 Å². The van der Waals surface area contributed by atoms with Gasteiger partial charge < -0.3 is 19.7 Å². The molecule has 0 aliphatic carbocycles. The molecule has 0 unspecified atom stereocenters. The highest BCUT2D eigenvalue weighted by molar-refractivity contribution is 5.79. The quantitative estimate of drug-likeness (QED) is 0.796. The van der Waals surface area contributed by atoms with Crippen LogP contribution in [0.15, 0.2) is 33.9 Å². The highest BCUT2D eigenvalue weighted by atomic mass is 16.7. The van der Waals surface area contributed by atoms with E-state index in [0.29, 0.717) is 37.0 Å². The molecule has 1 saturated heterocycles. The molecule has 0 saturated carbocycles. The van der Waals surface area contributed by atoms with Crippen molar-refractivity contribution in [3.8, 4) is 11.5 Å². The Labute approximate surface area is 167 Å². The Morgan fingerprint density at radius 2 is 1.93 bits per heavy atom. The maximum atomic E-state index is 12.7. The van der Waals surface area contributed by atoms with Gasteiger partial charge in [0.15, 0.2) is 11.5 Å². The van der Waals surface area contributed by atoms with E-state index in [2.05, 4.69) is 5.32 Å². The lowest BCUT2D eigenvalue weighted by molar-refractivity contribution is -0.125. The van der Waals surface area contributed by atoms with Crippen molar-refractivity contribution in [3.05, 3.63) is 50.7 Å². The van der Waals surface area contributed by atoms with Crippen LogP contribution in [-0.4, -0.2) is 34.9 Å². The molecule has 1 N–H and O–H groups in total. The maximum absolute atomic E-state index is 12.7. The Morgan fingerprint density at radius 1 is 1.14 bits per heavy atom. The summed E-state index contributed by atoms with van der Waals surface area (Å²) < 4.78 is 13.2. The normalized spacial score (nSPS) is 18.0. The number of carbonyl (C=O) groups is 1. The number of piperidine rings is 1. The van der Waals surface area contributed by atoms with E-state index in [0.717, 1.165) is 23.0 Å². The number of hydrogen-bond acceptors (Lipinski definition) is 6. The minimum Gasteiger partial charge on any atom is -0.454 e. The van der Waals surface area contributed by atoms with Gasteiger partial charge in [-0.25, -0.2) is 4.79 Å². The molecule has 0 radical (unpaired) electrons. The molecule has 1 aromatic carbocycles. The molecule has 2 aromatic rings. The third-order valence-electron chi connectivity index (χ3n) is 5.52. The summed E-state index contributed by atoms with van der Waals surface area (Å²) in [5.74, 6) is 1.69. The third-order valence-corrected chi connectivity index (χ3v) is 5.52. The monoisotopic (exact) mass is 400 g/mol. The van der Waals surface area contributed by atoms with Gasteiger partial charge in [0.2, 0.25) is 12.7 Å². The minimum absolute atomic E-state index is 0.0406. The molecule has 154 valence electrons. The molecular weight excluding hydrogens is 376 g/mol.